The molecule has 88 valence electrons. The summed E-state index contributed by atoms with van der Waals surface area (Å²) in [5.41, 5.74) is 7.38. The maximum atomic E-state index is 5.67. The number of halogens is 1. The fourth-order valence-corrected chi connectivity index (χ4v) is 1.98. The first-order chi connectivity index (χ1) is 8.22. The minimum absolute atomic E-state index is 0.204. The molecule has 0 fully saturated rings. The Balaban J connectivity index is 2.54. The molecular weight excluding hydrogens is 282 g/mol. The molecule has 1 heterocycles. The van der Waals surface area contributed by atoms with Gasteiger partial charge in [0.1, 0.15) is 4.47 Å². The standard InChI is InChI=1S/C12H12BrN3O/c1-2-17-11-9(13)10(15-12(14)16-11)8-6-4-3-5-7-8/h3-7H,2H2,1H3,(H2,14,15,16). The Kier molecular flexibility index (Phi) is 3.58. The average Bonchev–Trinajstić information content (AvgIpc) is 2.35. The fraction of sp³-hybridized carbons (Fsp3) is 0.167. The Morgan fingerprint density at radius 3 is 2.59 bits per heavy atom. The van der Waals surface area contributed by atoms with E-state index in [4.69, 9.17) is 10.5 Å². The first-order valence-corrected chi connectivity index (χ1v) is 6.03. The molecule has 0 bridgehead atoms. The van der Waals surface area contributed by atoms with Crippen LogP contribution in [0.4, 0.5) is 5.95 Å². The second-order valence-corrected chi connectivity index (χ2v) is 4.14. The number of nitrogens with two attached hydrogens (primary N) is 1. The minimum Gasteiger partial charge on any atom is -0.477 e. The molecule has 0 unspecified atom stereocenters. The van der Waals surface area contributed by atoms with E-state index in [0.29, 0.717) is 12.5 Å². The summed E-state index contributed by atoms with van der Waals surface area (Å²) < 4.78 is 6.12. The zero-order chi connectivity index (χ0) is 12.3. The highest BCUT2D eigenvalue weighted by Gasteiger charge is 2.13. The largest absolute Gasteiger partial charge is 0.477 e. The van der Waals surface area contributed by atoms with Crippen molar-refractivity contribution < 1.29 is 4.74 Å². The number of benzene rings is 1. The molecule has 4 nitrogen and oxygen atoms in total. The van der Waals surface area contributed by atoms with Crippen molar-refractivity contribution in [2.24, 2.45) is 0 Å². The molecule has 0 aliphatic heterocycles. The molecule has 0 saturated carbocycles. The zero-order valence-corrected chi connectivity index (χ0v) is 10.9. The van der Waals surface area contributed by atoms with E-state index >= 15 is 0 Å². The van der Waals surface area contributed by atoms with Crippen molar-refractivity contribution in [2.75, 3.05) is 12.3 Å². The minimum atomic E-state index is 0.204. The lowest BCUT2D eigenvalue weighted by Crippen LogP contribution is -2.03. The van der Waals surface area contributed by atoms with E-state index < -0.39 is 0 Å². The molecule has 1 aromatic heterocycles. The predicted octanol–water partition coefficient (Wildman–Crippen LogP) is 2.89. The quantitative estimate of drug-likeness (QED) is 0.945. The van der Waals surface area contributed by atoms with Gasteiger partial charge in [-0.1, -0.05) is 30.3 Å². The first kappa shape index (κ1) is 11.9. The molecule has 0 spiro atoms. The van der Waals surface area contributed by atoms with E-state index in [0.717, 1.165) is 15.7 Å². The third kappa shape index (κ3) is 2.55. The van der Waals surface area contributed by atoms with E-state index in [-0.39, 0.29) is 5.95 Å². The monoisotopic (exact) mass is 293 g/mol. The molecule has 0 aliphatic carbocycles. The first-order valence-electron chi connectivity index (χ1n) is 5.23. The molecule has 0 radical (unpaired) electrons. The number of hydrogen-bond acceptors (Lipinski definition) is 4. The van der Waals surface area contributed by atoms with Crippen molar-refractivity contribution >= 4 is 21.9 Å². The summed E-state index contributed by atoms with van der Waals surface area (Å²) in [6.07, 6.45) is 0. The number of nitrogen functional groups attached to an aromatic ring is 1. The van der Waals surface area contributed by atoms with E-state index in [1.165, 1.54) is 0 Å². The van der Waals surface area contributed by atoms with Gasteiger partial charge in [0.15, 0.2) is 0 Å². The fourth-order valence-electron chi connectivity index (χ4n) is 1.46. The highest BCUT2D eigenvalue weighted by molar-refractivity contribution is 9.10. The molecule has 2 N–H and O–H groups in total. The van der Waals surface area contributed by atoms with Gasteiger partial charge in [-0.3, -0.25) is 0 Å². The van der Waals surface area contributed by atoms with Gasteiger partial charge in [0.25, 0.3) is 0 Å². The third-order valence-corrected chi connectivity index (χ3v) is 2.88. The smallest absolute Gasteiger partial charge is 0.233 e. The molecule has 0 saturated heterocycles. The second-order valence-electron chi connectivity index (χ2n) is 3.35. The summed E-state index contributed by atoms with van der Waals surface area (Å²) >= 11 is 3.45. The third-order valence-electron chi connectivity index (χ3n) is 2.17. The van der Waals surface area contributed by atoms with Gasteiger partial charge >= 0.3 is 0 Å². The summed E-state index contributed by atoms with van der Waals surface area (Å²) in [5, 5.41) is 0. The Labute approximate surface area is 108 Å². The van der Waals surface area contributed by atoms with E-state index in [2.05, 4.69) is 25.9 Å². The van der Waals surface area contributed by atoms with E-state index in [1.807, 2.05) is 37.3 Å². The van der Waals surface area contributed by atoms with Crippen molar-refractivity contribution in [3.63, 3.8) is 0 Å². The molecule has 0 aliphatic rings. The van der Waals surface area contributed by atoms with Crippen LogP contribution in [0.25, 0.3) is 11.3 Å². The van der Waals surface area contributed by atoms with Crippen molar-refractivity contribution in [3.05, 3.63) is 34.8 Å². The van der Waals surface area contributed by atoms with E-state index in [1.54, 1.807) is 0 Å². The molecule has 0 atom stereocenters. The van der Waals surface area contributed by atoms with Gasteiger partial charge in [-0.15, -0.1) is 0 Å². The maximum Gasteiger partial charge on any atom is 0.233 e. The van der Waals surface area contributed by atoms with Crippen LogP contribution in [0.2, 0.25) is 0 Å². The SMILES string of the molecule is CCOc1nc(N)nc(-c2ccccc2)c1Br. The van der Waals surface area contributed by atoms with Crippen LogP contribution in [0, 0.1) is 0 Å². The van der Waals surface area contributed by atoms with Gasteiger partial charge in [-0.05, 0) is 22.9 Å². The van der Waals surface area contributed by atoms with Crippen LogP contribution in [0.3, 0.4) is 0 Å². The predicted molar refractivity (Wildman–Crippen MR) is 70.7 cm³/mol. The van der Waals surface area contributed by atoms with E-state index in [9.17, 15) is 0 Å². The molecule has 5 heteroatoms. The van der Waals surface area contributed by atoms with Crippen molar-refractivity contribution in [1.29, 1.82) is 0 Å². The van der Waals surface area contributed by atoms with Crippen LogP contribution >= 0.6 is 15.9 Å². The van der Waals surface area contributed by atoms with Gasteiger partial charge in [0.2, 0.25) is 11.8 Å². The van der Waals surface area contributed by atoms with Crippen molar-refractivity contribution in [1.82, 2.24) is 9.97 Å². The van der Waals surface area contributed by atoms with Gasteiger partial charge in [0, 0.05) is 5.56 Å². The van der Waals surface area contributed by atoms with Crippen LogP contribution < -0.4 is 10.5 Å². The van der Waals surface area contributed by atoms with Crippen LogP contribution in [-0.4, -0.2) is 16.6 Å². The average molecular weight is 294 g/mol. The van der Waals surface area contributed by atoms with Crippen LogP contribution in [-0.2, 0) is 0 Å². The number of nitrogens with zero attached hydrogens (tertiary/aromatic N) is 2. The highest BCUT2D eigenvalue weighted by Crippen LogP contribution is 2.33. The van der Waals surface area contributed by atoms with Crippen LogP contribution in [0.5, 0.6) is 5.88 Å². The molecular formula is C12H12BrN3O. The molecule has 2 aromatic rings. The maximum absolute atomic E-state index is 5.67. The van der Waals surface area contributed by atoms with Crippen LogP contribution in [0.15, 0.2) is 34.8 Å². The number of ether oxygens (including phenoxy) is 1. The summed E-state index contributed by atoms with van der Waals surface area (Å²) in [6.45, 7) is 2.43. The number of hydrogen-bond donors (Lipinski definition) is 1. The summed E-state index contributed by atoms with van der Waals surface area (Å²) in [4.78, 5) is 8.27. The summed E-state index contributed by atoms with van der Waals surface area (Å²) in [6, 6.07) is 9.76. The number of anilines is 1. The van der Waals surface area contributed by atoms with Gasteiger partial charge in [-0.2, -0.15) is 4.98 Å². The number of aromatic nitrogens is 2. The second kappa shape index (κ2) is 5.14. The molecule has 1 aromatic carbocycles. The van der Waals surface area contributed by atoms with Gasteiger partial charge < -0.3 is 10.5 Å². The molecule has 17 heavy (non-hydrogen) atoms. The number of rotatable bonds is 3. The van der Waals surface area contributed by atoms with Gasteiger partial charge in [-0.25, -0.2) is 4.98 Å². The Bertz CT molecular complexity index is 517. The van der Waals surface area contributed by atoms with Crippen molar-refractivity contribution in [3.8, 4) is 17.1 Å². The molecule has 0 amide bonds. The zero-order valence-electron chi connectivity index (χ0n) is 9.35. The Hall–Kier alpha value is -1.62. The summed E-state index contributed by atoms with van der Waals surface area (Å²) in [5.74, 6) is 0.675. The normalized spacial score (nSPS) is 10.2. The summed E-state index contributed by atoms with van der Waals surface area (Å²) in [7, 11) is 0. The lowest BCUT2D eigenvalue weighted by atomic mass is 10.1. The van der Waals surface area contributed by atoms with Gasteiger partial charge in [0.05, 0.1) is 12.3 Å². The Morgan fingerprint density at radius 2 is 1.94 bits per heavy atom. The Morgan fingerprint density at radius 1 is 1.24 bits per heavy atom. The van der Waals surface area contributed by atoms with Crippen molar-refractivity contribution in [2.45, 2.75) is 6.92 Å². The topological polar surface area (TPSA) is 61.0 Å². The molecule has 2 rings (SSSR count). The van der Waals surface area contributed by atoms with Crippen LogP contribution in [0.1, 0.15) is 6.92 Å². The lowest BCUT2D eigenvalue weighted by molar-refractivity contribution is 0.324. The lowest BCUT2D eigenvalue weighted by Gasteiger charge is -2.09. The highest BCUT2D eigenvalue weighted by atomic mass is 79.9.